The fourth-order valence-electron chi connectivity index (χ4n) is 11.4. The lowest BCUT2D eigenvalue weighted by Gasteiger charge is -2.48. The van der Waals surface area contributed by atoms with Crippen molar-refractivity contribution in [2.75, 3.05) is 87.2 Å². The summed E-state index contributed by atoms with van der Waals surface area (Å²) in [6, 6.07) is 10.9. The third kappa shape index (κ3) is 8.65. The number of piperazine rings is 1. The number of aromatic nitrogens is 3. The van der Waals surface area contributed by atoms with Crippen LogP contribution in [0.4, 0.5) is 30.4 Å². The third-order valence-corrected chi connectivity index (χ3v) is 15.5. The van der Waals surface area contributed by atoms with Crippen molar-refractivity contribution in [1.82, 2.24) is 30.1 Å². The van der Waals surface area contributed by atoms with Gasteiger partial charge in [-0.05, 0) is 117 Å². The first kappa shape index (κ1) is 44.7. The molecule has 2 unspecified atom stereocenters. The van der Waals surface area contributed by atoms with Gasteiger partial charge in [0.15, 0.2) is 5.82 Å². The lowest BCUT2D eigenvalue weighted by molar-refractivity contribution is -0.151. The van der Waals surface area contributed by atoms with Gasteiger partial charge in [0, 0.05) is 87.6 Å². The Morgan fingerprint density at radius 2 is 1.72 bits per heavy atom. The number of imide groups is 1. The largest absolute Gasteiger partial charge is 0.508 e. The van der Waals surface area contributed by atoms with Crippen LogP contribution in [-0.2, 0) is 20.7 Å². The summed E-state index contributed by atoms with van der Waals surface area (Å²) in [5.41, 5.74) is 1.49. The molecule has 6 fully saturated rings. The molecule has 5 aliphatic heterocycles. The number of ether oxygens (including phenoxy) is 2. The Bertz CT molecular complexity index is 2770. The van der Waals surface area contributed by atoms with E-state index in [1.165, 1.54) is 18.2 Å². The van der Waals surface area contributed by atoms with E-state index in [4.69, 9.17) is 19.4 Å². The highest BCUT2D eigenvalue weighted by atomic mass is 19.1. The lowest BCUT2D eigenvalue weighted by Crippen LogP contribution is -2.56. The summed E-state index contributed by atoms with van der Waals surface area (Å²) in [5, 5.41) is 17.7. The van der Waals surface area contributed by atoms with Crippen LogP contribution in [0.1, 0.15) is 70.3 Å². The number of phenols is 1. The number of carbonyl (C=O) groups excluding carboxylic acids is 2. The number of benzene rings is 3. The van der Waals surface area contributed by atoms with Crippen molar-refractivity contribution in [3.8, 4) is 23.0 Å². The molecule has 2 aromatic heterocycles. The number of rotatable bonds is 12. The SMILES string of the molecule is CCc1c(F)ccc2cc(O)cc(-c3ncc4c(N5CCCC6(CCO6)C5)nc(OCC5(CN6CCC(N7CCN(c8ccc(NC9CCC(=O)NC9=O)cc8F)CC7)CC6)CC5)nc4c3F)c12. The van der Waals surface area contributed by atoms with Crippen molar-refractivity contribution < 1.29 is 37.3 Å². The molecule has 1 aliphatic carbocycles. The number of phenolic OH excluding ortho intramolecular Hbond substituents is 1. The van der Waals surface area contributed by atoms with E-state index in [1.807, 2.05) is 6.92 Å². The van der Waals surface area contributed by atoms with Crippen molar-refractivity contribution >= 4 is 50.7 Å². The van der Waals surface area contributed by atoms with E-state index in [2.05, 4.69) is 35.2 Å². The van der Waals surface area contributed by atoms with Crippen LogP contribution >= 0.6 is 0 Å². The fraction of sp³-hybridized carbons (Fsp3) is 0.510. The number of amides is 2. The number of piperidine rings is 3. The van der Waals surface area contributed by atoms with Crippen molar-refractivity contribution in [3.63, 3.8) is 0 Å². The van der Waals surface area contributed by atoms with Gasteiger partial charge in [-0.2, -0.15) is 9.97 Å². The van der Waals surface area contributed by atoms with Gasteiger partial charge in [0.2, 0.25) is 11.8 Å². The molecule has 6 aliphatic rings. The Morgan fingerprint density at radius 1 is 0.912 bits per heavy atom. The van der Waals surface area contributed by atoms with Crippen LogP contribution < -0.4 is 25.2 Å². The molecular formula is C51H58F3N9O5. The quantitative estimate of drug-likeness (QED) is 0.111. The molecule has 358 valence electrons. The zero-order valence-corrected chi connectivity index (χ0v) is 38.5. The summed E-state index contributed by atoms with van der Waals surface area (Å²) < 4.78 is 60.4. The number of aromatic hydroxyl groups is 1. The van der Waals surface area contributed by atoms with Crippen molar-refractivity contribution in [3.05, 3.63) is 71.7 Å². The van der Waals surface area contributed by atoms with Crippen LogP contribution in [0.2, 0.25) is 0 Å². The van der Waals surface area contributed by atoms with Gasteiger partial charge >= 0.3 is 6.01 Å². The second-order valence-corrected chi connectivity index (χ2v) is 19.9. The predicted octanol–water partition coefficient (Wildman–Crippen LogP) is 6.95. The topological polar surface area (TPSA) is 149 Å². The first-order chi connectivity index (χ1) is 33.0. The van der Waals surface area contributed by atoms with Crippen molar-refractivity contribution in [1.29, 1.82) is 0 Å². The average molecular weight is 934 g/mol. The van der Waals surface area contributed by atoms with E-state index in [0.717, 1.165) is 97.4 Å². The van der Waals surface area contributed by atoms with Crippen LogP contribution in [0.15, 0.2) is 48.7 Å². The third-order valence-electron chi connectivity index (χ3n) is 15.5. The standard InChI is InChI=1S/C51H58F3N9O5/c1-2-35-38(52)6-4-31-24-34(64)26-36(43(31)35)45-44(54)46-37(27-55-45)47(63-16-3-12-51(29-63)15-23-68-51)59-49(58-46)67-30-50(13-14-50)28-60-17-10-33(11-18-60)61-19-21-62(22-20-61)41-8-5-32(25-39(41)53)56-40-7-9-42(65)57-48(40)66/h4-6,8,24-27,33,40,56,64H,2-3,7,9-23,28-30H2,1H3,(H,57,65,66). The lowest BCUT2D eigenvalue weighted by atomic mass is 9.86. The summed E-state index contributed by atoms with van der Waals surface area (Å²) in [4.78, 5) is 47.4. The zero-order valence-electron chi connectivity index (χ0n) is 38.5. The van der Waals surface area contributed by atoms with Gasteiger partial charge in [0.25, 0.3) is 0 Å². The first-order valence-electron chi connectivity index (χ1n) is 24.4. The number of aryl methyl sites for hydroxylation is 1. The zero-order chi connectivity index (χ0) is 46.7. The predicted molar refractivity (Wildman–Crippen MR) is 253 cm³/mol. The van der Waals surface area contributed by atoms with Gasteiger partial charge in [0.05, 0.1) is 29.9 Å². The molecule has 5 aromatic rings. The van der Waals surface area contributed by atoms with Gasteiger partial charge in [-0.25, -0.2) is 13.2 Å². The molecule has 1 saturated carbocycles. The number of hydrogen-bond donors (Lipinski definition) is 3. The number of nitrogens with one attached hydrogen (secondary N) is 2. The minimum atomic E-state index is -0.686. The summed E-state index contributed by atoms with van der Waals surface area (Å²) in [6.07, 6.45) is 9.50. The Hall–Kier alpha value is -5.78. The molecule has 2 atom stereocenters. The maximum Gasteiger partial charge on any atom is 0.319 e. The smallest absolute Gasteiger partial charge is 0.319 e. The Balaban J connectivity index is 0.751. The number of hydrogen-bond acceptors (Lipinski definition) is 13. The Kier molecular flexibility index (Phi) is 11.8. The highest BCUT2D eigenvalue weighted by Gasteiger charge is 2.46. The number of fused-ring (bicyclic) bond motifs is 2. The number of nitrogens with zero attached hydrogens (tertiary/aromatic N) is 7. The molecule has 14 nitrogen and oxygen atoms in total. The molecule has 7 heterocycles. The second kappa shape index (κ2) is 17.9. The normalized spacial score (nSPS) is 23.6. The minimum absolute atomic E-state index is 0.0301. The maximum atomic E-state index is 17.2. The molecule has 68 heavy (non-hydrogen) atoms. The van der Waals surface area contributed by atoms with E-state index >= 15 is 13.2 Å². The number of pyridine rings is 1. The van der Waals surface area contributed by atoms with Gasteiger partial charge in [-0.15, -0.1) is 0 Å². The van der Waals surface area contributed by atoms with Crippen molar-refractivity contribution in [2.45, 2.75) is 88.8 Å². The van der Waals surface area contributed by atoms with Crippen LogP contribution in [0.3, 0.4) is 0 Å². The number of halogens is 3. The van der Waals surface area contributed by atoms with Gasteiger partial charge < -0.3 is 34.6 Å². The molecule has 11 rings (SSSR count). The number of carbonyl (C=O) groups is 2. The number of anilines is 3. The van der Waals surface area contributed by atoms with Gasteiger partial charge in [0.1, 0.15) is 40.5 Å². The molecule has 3 aromatic carbocycles. The highest BCUT2D eigenvalue weighted by Crippen LogP contribution is 2.48. The Morgan fingerprint density at radius 3 is 2.44 bits per heavy atom. The monoisotopic (exact) mass is 933 g/mol. The van der Waals surface area contributed by atoms with E-state index in [-0.39, 0.29) is 58.0 Å². The highest BCUT2D eigenvalue weighted by molar-refractivity contribution is 6.02. The molecule has 3 N–H and O–H groups in total. The molecule has 1 spiro atoms. The summed E-state index contributed by atoms with van der Waals surface area (Å²) in [6.45, 7) is 10.2. The maximum absolute atomic E-state index is 17.2. The minimum Gasteiger partial charge on any atom is -0.508 e. The molecule has 17 heteroatoms. The molecule has 0 radical (unpaired) electrons. The molecule has 5 saturated heterocycles. The summed E-state index contributed by atoms with van der Waals surface area (Å²) in [7, 11) is 0. The van der Waals surface area contributed by atoms with Gasteiger partial charge in [-0.3, -0.25) is 24.8 Å². The first-order valence-corrected chi connectivity index (χ1v) is 24.4. The molecular weight excluding hydrogens is 876 g/mol. The van der Waals surface area contributed by atoms with Crippen molar-refractivity contribution in [2.24, 2.45) is 5.41 Å². The number of likely N-dealkylation sites (tertiary alicyclic amines) is 1. The van der Waals surface area contributed by atoms with E-state index in [9.17, 15) is 14.7 Å². The van der Waals surface area contributed by atoms with Crippen LogP contribution in [-0.4, -0.2) is 131 Å². The van der Waals surface area contributed by atoms with E-state index in [0.29, 0.717) is 83.1 Å². The molecule has 0 bridgehead atoms. The average Bonchev–Trinajstić information content (AvgIpc) is 4.10. The van der Waals surface area contributed by atoms with E-state index < -0.39 is 17.7 Å². The van der Waals surface area contributed by atoms with E-state index in [1.54, 1.807) is 30.5 Å². The van der Waals surface area contributed by atoms with Crippen LogP contribution in [0.5, 0.6) is 11.8 Å². The summed E-state index contributed by atoms with van der Waals surface area (Å²) >= 11 is 0. The molecule has 2 amide bonds. The van der Waals surface area contributed by atoms with Crippen LogP contribution in [0, 0.1) is 22.9 Å². The van der Waals surface area contributed by atoms with Gasteiger partial charge in [-0.1, -0.05) is 13.0 Å². The Labute approximate surface area is 393 Å². The van der Waals surface area contributed by atoms with Crippen LogP contribution in [0.25, 0.3) is 32.9 Å². The summed E-state index contributed by atoms with van der Waals surface area (Å²) in [5.74, 6) is -1.63. The second-order valence-electron chi connectivity index (χ2n) is 19.9. The fourth-order valence-corrected chi connectivity index (χ4v) is 11.4.